The number of imidazole rings is 1. The van der Waals surface area contributed by atoms with Crippen molar-refractivity contribution in [1.82, 2.24) is 19.8 Å². The van der Waals surface area contributed by atoms with Crippen molar-refractivity contribution in [1.29, 1.82) is 0 Å². The number of rotatable bonds is 4. The van der Waals surface area contributed by atoms with Crippen molar-refractivity contribution in [2.45, 2.75) is 13.5 Å². The second-order valence-corrected chi connectivity index (χ2v) is 5.76. The molecule has 1 aliphatic rings. The molecular formula is C15H22N4. The van der Waals surface area contributed by atoms with Gasteiger partial charge in [-0.1, -0.05) is 6.07 Å². The van der Waals surface area contributed by atoms with Gasteiger partial charge in [-0.15, -0.1) is 0 Å². The third-order valence-electron chi connectivity index (χ3n) is 4.06. The minimum Gasteiger partial charge on any atom is -0.331 e. The summed E-state index contributed by atoms with van der Waals surface area (Å²) in [5.41, 5.74) is 3.67. The second kappa shape index (κ2) is 4.94. The predicted octanol–water partition coefficient (Wildman–Crippen LogP) is 1.53. The van der Waals surface area contributed by atoms with E-state index in [-0.39, 0.29) is 0 Å². The Kier molecular flexibility index (Phi) is 3.29. The van der Waals surface area contributed by atoms with E-state index in [2.05, 4.69) is 59.0 Å². The Hall–Kier alpha value is -1.39. The summed E-state index contributed by atoms with van der Waals surface area (Å²) in [6.45, 7) is 6.56. The summed E-state index contributed by atoms with van der Waals surface area (Å²) < 4.78 is 2.14. The minimum absolute atomic E-state index is 0.825. The standard InChI is InChI=1S/C15H22N4/c1-11-17-14-6-12(4-5-15(14)19(11)3)9-18(2)10-13-7-16-8-13/h4-6,13,16H,7-10H2,1-3H3. The molecule has 1 aromatic heterocycles. The van der Waals surface area contributed by atoms with E-state index in [1.807, 2.05) is 0 Å². The van der Waals surface area contributed by atoms with Gasteiger partial charge in [0.05, 0.1) is 11.0 Å². The molecule has 102 valence electrons. The maximum Gasteiger partial charge on any atom is 0.106 e. The van der Waals surface area contributed by atoms with Gasteiger partial charge in [-0.25, -0.2) is 4.98 Å². The number of nitrogens with zero attached hydrogens (tertiary/aromatic N) is 3. The molecule has 19 heavy (non-hydrogen) atoms. The Bertz CT molecular complexity index is 583. The molecule has 3 rings (SSSR count). The van der Waals surface area contributed by atoms with Gasteiger partial charge in [-0.2, -0.15) is 0 Å². The molecule has 0 bridgehead atoms. The Morgan fingerprint density at radius 3 is 2.89 bits per heavy atom. The first-order valence-electron chi connectivity index (χ1n) is 6.94. The number of aromatic nitrogens is 2. The molecule has 1 fully saturated rings. The SMILES string of the molecule is Cc1nc2cc(CN(C)CC3CNC3)ccc2n1C. The second-order valence-electron chi connectivity index (χ2n) is 5.76. The van der Waals surface area contributed by atoms with Crippen molar-refractivity contribution in [3.8, 4) is 0 Å². The lowest BCUT2D eigenvalue weighted by molar-refractivity contribution is 0.219. The van der Waals surface area contributed by atoms with Gasteiger partial charge in [-0.3, -0.25) is 0 Å². The van der Waals surface area contributed by atoms with E-state index >= 15 is 0 Å². The van der Waals surface area contributed by atoms with Crippen LogP contribution in [0.25, 0.3) is 11.0 Å². The van der Waals surface area contributed by atoms with Crippen LogP contribution in [0.1, 0.15) is 11.4 Å². The summed E-state index contributed by atoms with van der Waals surface area (Å²) in [4.78, 5) is 7.01. The van der Waals surface area contributed by atoms with E-state index in [1.165, 1.54) is 30.7 Å². The third-order valence-corrected chi connectivity index (χ3v) is 4.06. The van der Waals surface area contributed by atoms with E-state index in [9.17, 15) is 0 Å². The molecule has 0 saturated carbocycles. The molecule has 2 heterocycles. The molecule has 0 aliphatic carbocycles. The molecule has 0 atom stereocenters. The van der Waals surface area contributed by atoms with Crippen LogP contribution < -0.4 is 5.32 Å². The average Bonchev–Trinajstić information content (AvgIpc) is 2.60. The highest BCUT2D eigenvalue weighted by Crippen LogP contribution is 2.17. The molecule has 0 amide bonds. The highest BCUT2D eigenvalue weighted by molar-refractivity contribution is 5.76. The fourth-order valence-electron chi connectivity index (χ4n) is 2.76. The largest absolute Gasteiger partial charge is 0.331 e. The number of fused-ring (bicyclic) bond motifs is 1. The van der Waals surface area contributed by atoms with Crippen LogP contribution in [0.4, 0.5) is 0 Å². The molecule has 4 heteroatoms. The van der Waals surface area contributed by atoms with Gasteiger partial charge >= 0.3 is 0 Å². The van der Waals surface area contributed by atoms with E-state index < -0.39 is 0 Å². The van der Waals surface area contributed by atoms with Crippen LogP contribution in [0.15, 0.2) is 18.2 Å². The number of hydrogen-bond donors (Lipinski definition) is 1. The predicted molar refractivity (Wildman–Crippen MR) is 78.1 cm³/mol. The quantitative estimate of drug-likeness (QED) is 0.903. The van der Waals surface area contributed by atoms with Crippen LogP contribution in [0.3, 0.4) is 0 Å². The highest BCUT2D eigenvalue weighted by atomic mass is 15.1. The summed E-state index contributed by atoms with van der Waals surface area (Å²) in [7, 11) is 4.27. The molecule has 0 spiro atoms. The van der Waals surface area contributed by atoms with E-state index in [0.29, 0.717) is 0 Å². The normalized spacial score (nSPS) is 16.2. The Morgan fingerprint density at radius 2 is 2.21 bits per heavy atom. The van der Waals surface area contributed by atoms with E-state index in [1.54, 1.807) is 0 Å². The van der Waals surface area contributed by atoms with Gasteiger partial charge in [0.15, 0.2) is 0 Å². The Balaban J connectivity index is 1.73. The van der Waals surface area contributed by atoms with Crippen LogP contribution >= 0.6 is 0 Å². The molecule has 0 unspecified atom stereocenters. The lowest BCUT2D eigenvalue weighted by Crippen LogP contribution is -2.47. The van der Waals surface area contributed by atoms with Gasteiger partial charge in [0, 0.05) is 33.2 Å². The summed E-state index contributed by atoms with van der Waals surface area (Å²) in [5, 5.41) is 3.32. The molecule has 0 radical (unpaired) electrons. The molecule has 1 N–H and O–H groups in total. The van der Waals surface area contributed by atoms with Crippen LogP contribution in [0.2, 0.25) is 0 Å². The Morgan fingerprint density at radius 1 is 1.42 bits per heavy atom. The minimum atomic E-state index is 0.825. The van der Waals surface area contributed by atoms with Crippen molar-refractivity contribution in [2.75, 3.05) is 26.7 Å². The lowest BCUT2D eigenvalue weighted by Gasteiger charge is -2.31. The number of aryl methyl sites for hydroxylation is 2. The van der Waals surface area contributed by atoms with Crippen molar-refractivity contribution in [3.63, 3.8) is 0 Å². The van der Waals surface area contributed by atoms with Gasteiger partial charge in [0.2, 0.25) is 0 Å². The van der Waals surface area contributed by atoms with Gasteiger partial charge in [0.25, 0.3) is 0 Å². The number of benzene rings is 1. The zero-order valence-corrected chi connectivity index (χ0v) is 12.0. The summed E-state index contributed by atoms with van der Waals surface area (Å²) in [6.07, 6.45) is 0. The van der Waals surface area contributed by atoms with E-state index in [4.69, 9.17) is 0 Å². The molecule has 2 aromatic rings. The maximum absolute atomic E-state index is 4.60. The van der Waals surface area contributed by atoms with Crippen molar-refractivity contribution in [2.24, 2.45) is 13.0 Å². The zero-order valence-electron chi connectivity index (χ0n) is 12.0. The summed E-state index contributed by atoms with van der Waals surface area (Å²) in [6, 6.07) is 6.63. The third kappa shape index (κ3) is 2.51. The van der Waals surface area contributed by atoms with Crippen molar-refractivity contribution < 1.29 is 0 Å². The molecule has 4 nitrogen and oxygen atoms in total. The van der Waals surface area contributed by atoms with Gasteiger partial charge in [0.1, 0.15) is 5.82 Å². The van der Waals surface area contributed by atoms with Crippen molar-refractivity contribution >= 4 is 11.0 Å². The van der Waals surface area contributed by atoms with Crippen LogP contribution in [-0.2, 0) is 13.6 Å². The molecule has 1 aromatic carbocycles. The van der Waals surface area contributed by atoms with Gasteiger partial charge < -0.3 is 14.8 Å². The average molecular weight is 258 g/mol. The van der Waals surface area contributed by atoms with Gasteiger partial charge in [-0.05, 0) is 37.6 Å². The first kappa shape index (κ1) is 12.6. The fourth-order valence-corrected chi connectivity index (χ4v) is 2.76. The number of nitrogens with one attached hydrogen (secondary N) is 1. The fraction of sp³-hybridized carbons (Fsp3) is 0.533. The Labute approximate surface area is 114 Å². The van der Waals surface area contributed by atoms with E-state index in [0.717, 1.165) is 23.8 Å². The zero-order chi connectivity index (χ0) is 13.4. The first-order valence-corrected chi connectivity index (χ1v) is 6.94. The van der Waals surface area contributed by atoms with Crippen LogP contribution in [-0.4, -0.2) is 41.1 Å². The molecular weight excluding hydrogens is 236 g/mol. The van der Waals surface area contributed by atoms with Crippen LogP contribution in [0.5, 0.6) is 0 Å². The first-order chi connectivity index (χ1) is 9.13. The molecule has 1 aliphatic heterocycles. The van der Waals surface area contributed by atoms with Crippen molar-refractivity contribution in [3.05, 3.63) is 29.6 Å². The smallest absolute Gasteiger partial charge is 0.106 e. The topological polar surface area (TPSA) is 33.1 Å². The number of hydrogen-bond acceptors (Lipinski definition) is 3. The van der Waals surface area contributed by atoms with Crippen LogP contribution in [0, 0.1) is 12.8 Å². The summed E-state index contributed by atoms with van der Waals surface area (Å²) in [5.74, 6) is 1.90. The maximum atomic E-state index is 4.60. The summed E-state index contributed by atoms with van der Waals surface area (Å²) >= 11 is 0. The monoisotopic (exact) mass is 258 g/mol. The molecule has 1 saturated heterocycles. The highest BCUT2D eigenvalue weighted by Gasteiger charge is 2.18. The lowest BCUT2D eigenvalue weighted by atomic mass is 10.0.